The van der Waals surface area contributed by atoms with Crippen molar-refractivity contribution >= 4 is 5.69 Å². The van der Waals surface area contributed by atoms with Crippen molar-refractivity contribution in [3.8, 4) is 11.8 Å². The second kappa shape index (κ2) is 5.24. The smallest absolute Gasteiger partial charge is 0.143 e. The third-order valence-corrected chi connectivity index (χ3v) is 2.71. The van der Waals surface area contributed by atoms with Crippen molar-refractivity contribution in [3.63, 3.8) is 0 Å². The van der Waals surface area contributed by atoms with Crippen LogP contribution in [0.1, 0.15) is 17.2 Å². The molecular weight excluding hydrogens is 224 g/mol. The Morgan fingerprint density at radius 3 is 2.61 bits per heavy atom. The molecule has 2 N–H and O–H groups in total. The number of phenolic OH excluding ortho intramolecular Hbond substituents is 1. The van der Waals surface area contributed by atoms with Crippen molar-refractivity contribution in [3.05, 3.63) is 59.7 Å². The van der Waals surface area contributed by atoms with Crippen LogP contribution in [0, 0.1) is 18.3 Å². The average Bonchev–Trinajstić information content (AvgIpc) is 2.37. The Bertz CT molecular complexity index is 587. The van der Waals surface area contributed by atoms with Crippen LogP contribution in [0.25, 0.3) is 0 Å². The number of nitrogens with one attached hydrogen (secondary N) is 1. The normalized spacial score (nSPS) is 11.6. The molecule has 1 atom stereocenters. The van der Waals surface area contributed by atoms with Gasteiger partial charge in [-0.05, 0) is 30.7 Å². The topological polar surface area (TPSA) is 56.0 Å². The van der Waals surface area contributed by atoms with E-state index in [9.17, 15) is 10.4 Å². The van der Waals surface area contributed by atoms with Gasteiger partial charge in [0, 0.05) is 11.3 Å². The van der Waals surface area contributed by atoms with Crippen molar-refractivity contribution in [2.45, 2.75) is 13.0 Å². The molecule has 90 valence electrons. The van der Waals surface area contributed by atoms with Crippen molar-refractivity contribution < 1.29 is 5.11 Å². The van der Waals surface area contributed by atoms with Crippen LogP contribution in [0.2, 0.25) is 0 Å². The quantitative estimate of drug-likeness (QED) is 0.861. The minimum atomic E-state index is -0.562. The van der Waals surface area contributed by atoms with Crippen LogP contribution in [0.3, 0.4) is 0 Å². The van der Waals surface area contributed by atoms with Crippen LogP contribution >= 0.6 is 0 Å². The molecule has 1 unspecified atom stereocenters. The summed E-state index contributed by atoms with van der Waals surface area (Å²) in [5, 5.41) is 22.1. The van der Waals surface area contributed by atoms with Gasteiger partial charge in [0.25, 0.3) is 0 Å². The van der Waals surface area contributed by atoms with Crippen LogP contribution in [0.15, 0.2) is 48.5 Å². The van der Waals surface area contributed by atoms with E-state index in [1.807, 2.05) is 31.2 Å². The summed E-state index contributed by atoms with van der Waals surface area (Å²) < 4.78 is 0. The van der Waals surface area contributed by atoms with Gasteiger partial charge in [0.05, 0.1) is 6.07 Å². The van der Waals surface area contributed by atoms with Gasteiger partial charge in [-0.1, -0.05) is 30.3 Å². The fourth-order valence-corrected chi connectivity index (χ4v) is 1.81. The Kier molecular flexibility index (Phi) is 3.49. The van der Waals surface area contributed by atoms with Gasteiger partial charge in [-0.2, -0.15) is 5.26 Å². The van der Waals surface area contributed by atoms with Gasteiger partial charge in [-0.25, -0.2) is 0 Å². The number of benzene rings is 2. The van der Waals surface area contributed by atoms with Crippen molar-refractivity contribution in [1.29, 1.82) is 5.26 Å². The summed E-state index contributed by atoms with van der Waals surface area (Å²) in [6, 6.07) is 16.2. The lowest BCUT2D eigenvalue weighted by Gasteiger charge is -2.14. The fraction of sp³-hybridized carbons (Fsp3) is 0.133. The summed E-state index contributed by atoms with van der Waals surface area (Å²) in [5.74, 6) is 0.129. The average molecular weight is 238 g/mol. The highest BCUT2D eigenvalue weighted by atomic mass is 16.3. The zero-order valence-electron chi connectivity index (χ0n) is 10.1. The first-order valence-electron chi connectivity index (χ1n) is 5.71. The number of hydrogen-bond acceptors (Lipinski definition) is 3. The number of rotatable bonds is 3. The number of anilines is 1. The molecule has 18 heavy (non-hydrogen) atoms. The molecule has 0 saturated carbocycles. The van der Waals surface area contributed by atoms with E-state index in [-0.39, 0.29) is 5.75 Å². The number of hydrogen-bond donors (Lipinski definition) is 2. The number of para-hydroxylation sites is 1. The molecule has 0 aliphatic rings. The predicted octanol–water partition coefficient (Wildman–Crippen LogP) is 3.38. The molecule has 0 aromatic heterocycles. The molecule has 0 bridgehead atoms. The van der Waals surface area contributed by atoms with E-state index in [0.29, 0.717) is 5.56 Å². The third-order valence-electron chi connectivity index (χ3n) is 2.71. The lowest BCUT2D eigenvalue weighted by Crippen LogP contribution is -2.08. The Hall–Kier alpha value is -2.47. The van der Waals surface area contributed by atoms with Gasteiger partial charge < -0.3 is 10.4 Å². The molecule has 0 aliphatic carbocycles. The largest absolute Gasteiger partial charge is 0.508 e. The van der Waals surface area contributed by atoms with Gasteiger partial charge in [-0.15, -0.1) is 0 Å². The molecule has 2 rings (SSSR count). The van der Waals surface area contributed by atoms with Crippen LogP contribution in [-0.4, -0.2) is 5.11 Å². The molecule has 3 nitrogen and oxygen atoms in total. The highest BCUT2D eigenvalue weighted by Gasteiger charge is 2.13. The molecule has 0 spiro atoms. The summed E-state index contributed by atoms with van der Waals surface area (Å²) in [7, 11) is 0. The zero-order valence-corrected chi connectivity index (χ0v) is 10.1. The zero-order chi connectivity index (χ0) is 13.0. The van der Waals surface area contributed by atoms with Crippen molar-refractivity contribution in [1.82, 2.24) is 0 Å². The molecule has 0 radical (unpaired) electrons. The van der Waals surface area contributed by atoms with E-state index in [1.54, 1.807) is 24.3 Å². The van der Waals surface area contributed by atoms with Crippen molar-refractivity contribution in [2.24, 2.45) is 0 Å². The Morgan fingerprint density at radius 2 is 1.94 bits per heavy atom. The van der Waals surface area contributed by atoms with Crippen LogP contribution < -0.4 is 5.32 Å². The summed E-state index contributed by atoms with van der Waals surface area (Å²) in [6.07, 6.45) is 0. The lowest BCUT2D eigenvalue weighted by atomic mass is 10.1. The maximum Gasteiger partial charge on any atom is 0.143 e. The van der Waals surface area contributed by atoms with Gasteiger partial charge in [-0.3, -0.25) is 0 Å². The van der Waals surface area contributed by atoms with E-state index in [2.05, 4.69) is 11.4 Å². The van der Waals surface area contributed by atoms with E-state index in [4.69, 9.17) is 0 Å². The highest BCUT2D eigenvalue weighted by Crippen LogP contribution is 2.26. The van der Waals surface area contributed by atoms with Crippen LogP contribution in [0.5, 0.6) is 5.75 Å². The fourth-order valence-electron chi connectivity index (χ4n) is 1.81. The highest BCUT2D eigenvalue weighted by molar-refractivity contribution is 5.51. The first-order chi connectivity index (χ1) is 8.70. The summed E-state index contributed by atoms with van der Waals surface area (Å²) in [4.78, 5) is 0. The number of aromatic hydroxyl groups is 1. The summed E-state index contributed by atoms with van der Waals surface area (Å²) in [6.45, 7) is 1.99. The van der Waals surface area contributed by atoms with Crippen LogP contribution in [0.4, 0.5) is 5.69 Å². The Balaban J connectivity index is 2.26. The number of aryl methyl sites for hydroxylation is 1. The molecule has 0 aliphatic heterocycles. The number of nitriles is 1. The third kappa shape index (κ3) is 2.61. The maximum atomic E-state index is 9.75. The van der Waals surface area contributed by atoms with E-state index < -0.39 is 6.04 Å². The molecule has 2 aromatic rings. The van der Waals surface area contributed by atoms with Gasteiger partial charge in [0.1, 0.15) is 11.8 Å². The second-order valence-electron chi connectivity index (χ2n) is 4.13. The second-order valence-corrected chi connectivity index (χ2v) is 4.13. The van der Waals surface area contributed by atoms with Crippen molar-refractivity contribution in [2.75, 3.05) is 5.32 Å². The SMILES string of the molecule is Cc1cccc(NC(C#N)c2ccccc2O)c1. The van der Waals surface area contributed by atoms with Gasteiger partial charge >= 0.3 is 0 Å². The van der Waals surface area contributed by atoms with E-state index in [0.717, 1.165) is 11.3 Å². The monoisotopic (exact) mass is 238 g/mol. The first kappa shape index (κ1) is 12.0. The first-order valence-corrected chi connectivity index (χ1v) is 5.71. The minimum absolute atomic E-state index is 0.129. The van der Waals surface area contributed by atoms with Crippen LogP contribution in [-0.2, 0) is 0 Å². The predicted molar refractivity (Wildman–Crippen MR) is 71.3 cm³/mol. The number of nitrogens with zero attached hydrogens (tertiary/aromatic N) is 1. The Morgan fingerprint density at radius 1 is 1.17 bits per heavy atom. The number of phenols is 1. The van der Waals surface area contributed by atoms with Gasteiger partial charge in [0.15, 0.2) is 0 Å². The molecule has 0 fully saturated rings. The molecule has 0 heterocycles. The Labute approximate surface area is 106 Å². The van der Waals surface area contributed by atoms with Gasteiger partial charge in [0.2, 0.25) is 0 Å². The standard InChI is InChI=1S/C15H14N2O/c1-11-5-4-6-12(9-11)17-14(10-16)13-7-2-3-8-15(13)18/h2-9,14,17-18H,1H3. The maximum absolute atomic E-state index is 9.75. The van der Waals surface area contributed by atoms with E-state index >= 15 is 0 Å². The van der Waals surface area contributed by atoms with E-state index in [1.165, 1.54) is 0 Å². The molecule has 0 amide bonds. The molecule has 0 saturated heterocycles. The summed E-state index contributed by atoms with van der Waals surface area (Å²) in [5.41, 5.74) is 2.57. The molecule has 3 heteroatoms. The molecular formula is C15H14N2O. The summed E-state index contributed by atoms with van der Waals surface area (Å²) >= 11 is 0. The molecule has 2 aromatic carbocycles. The lowest BCUT2D eigenvalue weighted by molar-refractivity contribution is 0.467. The minimum Gasteiger partial charge on any atom is -0.508 e.